The van der Waals surface area contributed by atoms with E-state index in [4.69, 9.17) is 19.2 Å². The Morgan fingerprint density at radius 1 is 0.759 bits per heavy atom. The first-order chi connectivity index (χ1) is 28.5. The van der Waals surface area contributed by atoms with Gasteiger partial charge in [-0.25, -0.2) is 14.8 Å². The number of fused-ring (bicyclic) bond motifs is 1. The van der Waals surface area contributed by atoms with Crippen molar-refractivity contribution in [3.05, 3.63) is 168 Å². The average Bonchev–Trinajstić information content (AvgIpc) is 4.11. The minimum Gasteiger partial charge on any atom is -0.465 e. The van der Waals surface area contributed by atoms with Crippen LogP contribution in [-0.4, -0.2) is 63.3 Å². The van der Waals surface area contributed by atoms with Crippen LogP contribution in [0.3, 0.4) is 0 Å². The normalized spacial score (nSPS) is 16.5. The number of carbonyl (C=O) groups is 1. The number of aromatic nitrogens is 4. The van der Waals surface area contributed by atoms with E-state index in [-0.39, 0.29) is 5.97 Å². The number of carbonyl (C=O) groups excluding carboxylic acids is 1. The third kappa shape index (κ3) is 9.31. The van der Waals surface area contributed by atoms with Gasteiger partial charge in [-0.15, -0.1) is 0 Å². The average molecular weight is 775 g/mol. The van der Waals surface area contributed by atoms with Gasteiger partial charge >= 0.3 is 5.97 Å². The molecule has 58 heavy (non-hydrogen) atoms. The molecular formula is C48H50N6O4. The SMILES string of the molecule is CCn1cncc1Cn1c(CN2CCC(c3cccc(Oc4ccccc4)c3)C2)nc2ccc(C(=O)OC)cc21.c1ccc(Oc2cccc(C3CCNC3)c2)cc1. The molecule has 0 saturated carbocycles. The van der Waals surface area contributed by atoms with Crippen LogP contribution in [0.25, 0.3) is 11.0 Å². The van der Waals surface area contributed by atoms with Crippen LogP contribution in [0, 0.1) is 0 Å². The predicted molar refractivity (Wildman–Crippen MR) is 227 cm³/mol. The molecule has 2 fully saturated rings. The molecule has 296 valence electrons. The fraction of sp³-hybridized carbons (Fsp3) is 0.271. The molecule has 5 aromatic carbocycles. The summed E-state index contributed by atoms with van der Waals surface area (Å²) in [6.07, 6.45) is 6.05. The lowest BCUT2D eigenvalue weighted by Gasteiger charge is -2.18. The van der Waals surface area contributed by atoms with Gasteiger partial charge in [0.2, 0.25) is 0 Å². The van der Waals surface area contributed by atoms with Crippen LogP contribution in [0.4, 0.5) is 0 Å². The Kier molecular flexibility index (Phi) is 12.2. The van der Waals surface area contributed by atoms with Crippen LogP contribution in [0.5, 0.6) is 23.0 Å². The molecule has 10 heteroatoms. The molecule has 0 radical (unpaired) electrons. The van der Waals surface area contributed by atoms with Crippen molar-refractivity contribution in [3.63, 3.8) is 0 Å². The number of rotatable bonds is 12. The number of nitrogens with one attached hydrogen (secondary N) is 1. The van der Waals surface area contributed by atoms with Gasteiger partial charge < -0.3 is 28.7 Å². The second kappa shape index (κ2) is 18.4. The van der Waals surface area contributed by atoms with E-state index in [1.807, 2.05) is 97.5 Å². The zero-order chi connectivity index (χ0) is 39.7. The van der Waals surface area contributed by atoms with Gasteiger partial charge in [0.1, 0.15) is 28.8 Å². The van der Waals surface area contributed by atoms with Gasteiger partial charge in [-0.2, -0.15) is 0 Å². The fourth-order valence-corrected chi connectivity index (χ4v) is 7.94. The standard InChI is InChI=1S/C32H33N5O3.C16H17NO/c1-3-36-22-33-18-26(36)20-37-30-17-24(32(38)39-2)12-13-29(30)34-31(37)21-35-15-14-25(19-35)23-8-7-11-28(16-23)40-27-9-5-4-6-10-27;1-2-6-15(7-3-1)18-16-8-4-5-13(11-16)14-9-10-17-12-14/h4-13,16-18,22,25H,3,14-15,19-21H2,1-2H3;1-8,11,14,17H,9-10,12H2. The van der Waals surface area contributed by atoms with Crippen molar-refractivity contribution in [2.24, 2.45) is 0 Å². The first kappa shape index (κ1) is 38.6. The molecule has 2 atom stereocenters. The lowest BCUT2D eigenvalue weighted by molar-refractivity contribution is 0.0601. The van der Waals surface area contributed by atoms with Gasteiger partial charge in [0.25, 0.3) is 0 Å². The molecule has 4 heterocycles. The minimum absolute atomic E-state index is 0.351. The number of benzene rings is 5. The topological polar surface area (TPSA) is 95.7 Å². The Hall–Kier alpha value is -6.23. The second-order valence-electron chi connectivity index (χ2n) is 14.9. The summed E-state index contributed by atoms with van der Waals surface area (Å²) in [5.41, 5.74) is 6.06. The molecule has 2 aromatic heterocycles. The number of nitrogens with zero attached hydrogens (tertiary/aromatic N) is 5. The Balaban J connectivity index is 0.000000217. The number of esters is 1. The van der Waals surface area contributed by atoms with Crippen molar-refractivity contribution in [1.29, 1.82) is 0 Å². The van der Waals surface area contributed by atoms with Crippen LogP contribution in [0.2, 0.25) is 0 Å². The Morgan fingerprint density at radius 3 is 2.07 bits per heavy atom. The summed E-state index contributed by atoms with van der Waals surface area (Å²) in [5.74, 6) is 5.18. The summed E-state index contributed by atoms with van der Waals surface area (Å²) in [6, 6.07) is 42.3. The van der Waals surface area contributed by atoms with E-state index in [0.29, 0.717) is 23.9 Å². The molecule has 2 aliphatic rings. The maximum absolute atomic E-state index is 12.3. The first-order valence-electron chi connectivity index (χ1n) is 20.2. The number of imidazole rings is 2. The second-order valence-corrected chi connectivity index (χ2v) is 14.9. The number of likely N-dealkylation sites (tertiary alicyclic amines) is 1. The maximum Gasteiger partial charge on any atom is 0.337 e. The Bertz CT molecular complexity index is 2420. The van der Waals surface area contributed by atoms with Gasteiger partial charge in [0.15, 0.2) is 0 Å². The number of aryl methyl sites for hydroxylation is 1. The van der Waals surface area contributed by atoms with Gasteiger partial charge in [0, 0.05) is 25.8 Å². The Morgan fingerprint density at radius 2 is 1.43 bits per heavy atom. The molecular weight excluding hydrogens is 725 g/mol. The minimum atomic E-state index is -0.351. The highest BCUT2D eigenvalue weighted by Gasteiger charge is 2.26. The van der Waals surface area contributed by atoms with E-state index in [2.05, 4.69) is 67.7 Å². The van der Waals surface area contributed by atoms with Crippen LogP contribution in [0.15, 0.2) is 140 Å². The lowest BCUT2D eigenvalue weighted by Crippen LogP contribution is -2.23. The number of hydrogen-bond donors (Lipinski definition) is 1. The lowest BCUT2D eigenvalue weighted by atomic mass is 9.98. The van der Waals surface area contributed by atoms with E-state index in [9.17, 15) is 4.79 Å². The predicted octanol–water partition coefficient (Wildman–Crippen LogP) is 9.43. The summed E-state index contributed by atoms with van der Waals surface area (Å²) in [7, 11) is 1.41. The summed E-state index contributed by atoms with van der Waals surface area (Å²) < 4.78 is 21.3. The zero-order valence-corrected chi connectivity index (χ0v) is 33.2. The Labute approximate surface area is 340 Å². The monoisotopic (exact) mass is 774 g/mol. The smallest absolute Gasteiger partial charge is 0.337 e. The van der Waals surface area contributed by atoms with Crippen LogP contribution >= 0.6 is 0 Å². The maximum atomic E-state index is 12.3. The summed E-state index contributed by atoms with van der Waals surface area (Å²) in [5, 5.41) is 3.40. The van der Waals surface area contributed by atoms with E-state index < -0.39 is 0 Å². The number of para-hydroxylation sites is 2. The molecule has 2 unspecified atom stereocenters. The third-order valence-electron chi connectivity index (χ3n) is 11.0. The first-order valence-corrected chi connectivity index (χ1v) is 20.2. The van der Waals surface area contributed by atoms with E-state index in [1.165, 1.54) is 24.7 Å². The number of hydrogen-bond acceptors (Lipinski definition) is 8. The highest BCUT2D eigenvalue weighted by molar-refractivity contribution is 5.93. The van der Waals surface area contributed by atoms with Gasteiger partial charge in [-0.05, 0) is 123 Å². The molecule has 0 aliphatic carbocycles. The zero-order valence-electron chi connectivity index (χ0n) is 33.2. The molecule has 0 spiro atoms. The number of ether oxygens (including phenoxy) is 3. The quantitative estimate of drug-likeness (QED) is 0.123. The molecule has 2 aliphatic heterocycles. The van der Waals surface area contributed by atoms with Gasteiger partial charge in [-0.3, -0.25) is 4.90 Å². The third-order valence-corrected chi connectivity index (χ3v) is 11.0. The van der Waals surface area contributed by atoms with E-state index in [1.54, 1.807) is 6.07 Å². The molecule has 2 saturated heterocycles. The summed E-state index contributed by atoms with van der Waals surface area (Å²) >= 11 is 0. The van der Waals surface area contributed by atoms with Crippen molar-refractivity contribution in [3.8, 4) is 23.0 Å². The fourth-order valence-electron chi connectivity index (χ4n) is 7.94. The molecule has 1 N–H and O–H groups in total. The van der Waals surface area contributed by atoms with E-state index >= 15 is 0 Å². The van der Waals surface area contributed by atoms with Gasteiger partial charge in [-0.1, -0.05) is 60.7 Å². The van der Waals surface area contributed by atoms with Crippen molar-refractivity contribution < 1.29 is 19.0 Å². The van der Waals surface area contributed by atoms with Crippen LogP contribution in [0.1, 0.15) is 64.6 Å². The van der Waals surface area contributed by atoms with Crippen LogP contribution in [-0.2, 0) is 24.4 Å². The molecule has 0 bridgehead atoms. The summed E-state index contributed by atoms with van der Waals surface area (Å²) in [4.78, 5) is 24.1. The molecule has 7 aromatic rings. The van der Waals surface area contributed by atoms with Crippen molar-refractivity contribution in [1.82, 2.24) is 29.3 Å². The van der Waals surface area contributed by atoms with Crippen molar-refractivity contribution >= 4 is 17.0 Å². The largest absolute Gasteiger partial charge is 0.465 e. The number of methoxy groups -OCH3 is 1. The highest BCUT2D eigenvalue weighted by Crippen LogP contribution is 2.33. The summed E-state index contributed by atoms with van der Waals surface area (Å²) in [6.45, 7) is 8.42. The van der Waals surface area contributed by atoms with E-state index in [0.717, 1.165) is 91.2 Å². The molecule has 10 nitrogen and oxygen atoms in total. The van der Waals surface area contributed by atoms with Crippen molar-refractivity contribution in [2.75, 3.05) is 33.3 Å². The highest BCUT2D eigenvalue weighted by atomic mass is 16.5. The molecule has 0 amide bonds. The molecule has 9 rings (SSSR count). The van der Waals surface area contributed by atoms with Gasteiger partial charge in [0.05, 0.1) is 48.8 Å². The van der Waals surface area contributed by atoms with Crippen LogP contribution < -0.4 is 14.8 Å². The van der Waals surface area contributed by atoms with Crippen molar-refractivity contribution in [2.45, 2.75) is 51.2 Å².